The number of hydrogen-bond acceptors (Lipinski definition) is 4. The fourth-order valence-corrected chi connectivity index (χ4v) is 5.69. The fourth-order valence-electron chi connectivity index (χ4n) is 3.68. The summed E-state index contributed by atoms with van der Waals surface area (Å²) in [5, 5.41) is 3.20. The van der Waals surface area contributed by atoms with E-state index in [9.17, 15) is 18.0 Å². The molecule has 1 atom stereocenters. The molecule has 0 unspecified atom stereocenters. The van der Waals surface area contributed by atoms with Crippen molar-refractivity contribution in [2.75, 3.05) is 17.4 Å². The van der Waals surface area contributed by atoms with Crippen molar-refractivity contribution in [3.05, 3.63) is 94.5 Å². The smallest absolute Gasteiger partial charge is 0.264 e. The Morgan fingerprint density at radius 2 is 1.57 bits per heavy atom. The van der Waals surface area contributed by atoms with Crippen LogP contribution in [-0.2, 0) is 26.2 Å². The average molecular weight is 563 g/mol. The molecule has 1 N–H and O–H groups in total. The van der Waals surface area contributed by atoms with Crippen molar-refractivity contribution >= 4 is 50.7 Å². The number of sulfonamides is 1. The van der Waals surface area contributed by atoms with Gasteiger partial charge in [-0.1, -0.05) is 78.7 Å². The van der Waals surface area contributed by atoms with Gasteiger partial charge >= 0.3 is 0 Å². The third-order valence-corrected chi connectivity index (χ3v) is 8.01. The number of rotatable bonds is 11. The Labute approximate surface area is 228 Å². The Bertz CT molecular complexity index is 1320. The lowest BCUT2D eigenvalue weighted by Gasteiger charge is -2.32. The van der Waals surface area contributed by atoms with Gasteiger partial charge in [0, 0.05) is 18.1 Å². The lowest BCUT2D eigenvalue weighted by atomic mass is 10.1. The highest BCUT2D eigenvalue weighted by Gasteiger charge is 2.33. The van der Waals surface area contributed by atoms with E-state index in [4.69, 9.17) is 23.2 Å². The number of carbonyl (C=O) groups is 2. The summed E-state index contributed by atoms with van der Waals surface area (Å²) in [4.78, 5) is 28.0. The zero-order chi connectivity index (χ0) is 27.0. The van der Waals surface area contributed by atoms with E-state index in [0.29, 0.717) is 11.6 Å². The summed E-state index contributed by atoms with van der Waals surface area (Å²) in [7, 11) is -4.19. The number of amides is 2. The molecule has 0 bridgehead atoms. The maximum Gasteiger partial charge on any atom is 0.264 e. The molecular weight excluding hydrogens is 533 g/mol. The normalized spacial score (nSPS) is 12.0. The Morgan fingerprint density at radius 1 is 0.946 bits per heavy atom. The van der Waals surface area contributed by atoms with Crippen molar-refractivity contribution in [1.29, 1.82) is 0 Å². The van der Waals surface area contributed by atoms with E-state index in [0.717, 1.165) is 16.3 Å². The molecule has 0 aliphatic heterocycles. The quantitative estimate of drug-likeness (QED) is 0.351. The Balaban J connectivity index is 2.03. The van der Waals surface area contributed by atoms with Gasteiger partial charge in [0.15, 0.2) is 0 Å². The number of anilines is 1. The molecule has 196 valence electrons. The first-order chi connectivity index (χ1) is 17.6. The molecule has 0 saturated carbocycles. The van der Waals surface area contributed by atoms with Crippen LogP contribution < -0.4 is 9.62 Å². The average Bonchev–Trinajstić information content (AvgIpc) is 2.90. The standard InChI is InChI=1S/C27H29Cl2N3O4S/c1-3-16-30-27(34)20(2)31(18-21-10-6-4-7-11-21)26(33)19-32(25-15-14-22(28)17-24(25)29)37(35,36)23-12-8-5-9-13-23/h4-15,17,20H,3,16,18-19H2,1-2H3,(H,30,34)/t20-/m0/s1. The predicted octanol–water partition coefficient (Wildman–Crippen LogP) is 5.13. The number of halogens is 2. The van der Waals surface area contributed by atoms with Crippen LogP contribution in [-0.4, -0.2) is 44.3 Å². The first-order valence-corrected chi connectivity index (χ1v) is 14.0. The van der Waals surface area contributed by atoms with Crippen LogP contribution in [0.1, 0.15) is 25.8 Å². The van der Waals surface area contributed by atoms with Crippen molar-refractivity contribution in [1.82, 2.24) is 10.2 Å². The maximum atomic E-state index is 13.8. The molecule has 0 aromatic heterocycles. The summed E-state index contributed by atoms with van der Waals surface area (Å²) in [5.74, 6) is -0.887. The number of benzene rings is 3. The summed E-state index contributed by atoms with van der Waals surface area (Å²) in [6.07, 6.45) is 0.739. The van der Waals surface area contributed by atoms with Crippen molar-refractivity contribution in [2.24, 2.45) is 0 Å². The van der Waals surface area contributed by atoms with Gasteiger partial charge in [-0.25, -0.2) is 8.42 Å². The van der Waals surface area contributed by atoms with Crippen LogP contribution in [0, 0.1) is 0 Å². The minimum absolute atomic E-state index is 0.00263. The highest BCUT2D eigenvalue weighted by molar-refractivity contribution is 7.92. The summed E-state index contributed by atoms with van der Waals surface area (Å²) in [5.41, 5.74) is 0.902. The van der Waals surface area contributed by atoms with Gasteiger partial charge in [-0.05, 0) is 49.2 Å². The first-order valence-electron chi connectivity index (χ1n) is 11.8. The second-order valence-electron chi connectivity index (χ2n) is 8.39. The zero-order valence-electron chi connectivity index (χ0n) is 20.6. The molecule has 3 aromatic rings. The molecule has 10 heteroatoms. The Hall–Kier alpha value is -3.07. The van der Waals surface area contributed by atoms with E-state index in [1.165, 1.54) is 35.2 Å². The Morgan fingerprint density at radius 3 is 2.16 bits per heavy atom. The predicted molar refractivity (Wildman–Crippen MR) is 147 cm³/mol. The largest absolute Gasteiger partial charge is 0.354 e. The molecule has 3 aromatic carbocycles. The molecule has 3 rings (SSSR count). The van der Waals surface area contributed by atoms with Crippen molar-refractivity contribution in [3.63, 3.8) is 0 Å². The van der Waals surface area contributed by atoms with E-state index in [1.54, 1.807) is 25.1 Å². The molecule has 0 aliphatic carbocycles. The van der Waals surface area contributed by atoms with Crippen LogP contribution in [0.2, 0.25) is 10.0 Å². The topological polar surface area (TPSA) is 86.8 Å². The highest BCUT2D eigenvalue weighted by atomic mass is 35.5. The molecule has 0 spiro atoms. The lowest BCUT2D eigenvalue weighted by molar-refractivity contribution is -0.139. The van der Waals surface area contributed by atoms with E-state index < -0.39 is 28.5 Å². The van der Waals surface area contributed by atoms with Crippen LogP contribution in [0.3, 0.4) is 0 Å². The Kier molecular flexibility index (Phi) is 9.97. The molecule has 7 nitrogen and oxygen atoms in total. The molecular formula is C27H29Cl2N3O4S. The number of nitrogens with one attached hydrogen (secondary N) is 1. The monoisotopic (exact) mass is 561 g/mol. The summed E-state index contributed by atoms with van der Waals surface area (Å²) < 4.78 is 28.4. The minimum Gasteiger partial charge on any atom is -0.354 e. The van der Waals surface area contributed by atoms with Gasteiger partial charge in [-0.15, -0.1) is 0 Å². The van der Waals surface area contributed by atoms with Gasteiger partial charge in [0.05, 0.1) is 15.6 Å². The van der Waals surface area contributed by atoms with E-state index >= 15 is 0 Å². The first kappa shape index (κ1) is 28.5. The molecule has 0 saturated heterocycles. The maximum absolute atomic E-state index is 13.8. The summed E-state index contributed by atoms with van der Waals surface area (Å²) in [6, 6.07) is 20.5. The van der Waals surface area contributed by atoms with Gasteiger partial charge in [0.2, 0.25) is 11.8 Å². The van der Waals surface area contributed by atoms with E-state index in [-0.39, 0.29) is 28.1 Å². The number of nitrogens with zero attached hydrogens (tertiary/aromatic N) is 2. The second kappa shape index (κ2) is 12.9. The minimum atomic E-state index is -4.19. The van der Waals surface area contributed by atoms with Gasteiger partial charge in [0.1, 0.15) is 12.6 Å². The van der Waals surface area contributed by atoms with Crippen LogP contribution in [0.4, 0.5) is 5.69 Å². The van der Waals surface area contributed by atoms with Gasteiger partial charge in [-0.3, -0.25) is 13.9 Å². The second-order valence-corrected chi connectivity index (χ2v) is 11.1. The van der Waals surface area contributed by atoms with Gasteiger partial charge < -0.3 is 10.2 Å². The molecule has 2 amide bonds. The summed E-state index contributed by atoms with van der Waals surface area (Å²) in [6.45, 7) is 3.56. The number of hydrogen-bond donors (Lipinski definition) is 1. The van der Waals surface area contributed by atoms with Crippen LogP contribution >= 0.6 is 23.2 Å². The van der Waals surface area contributed by atoms with E-state index in [1.807, 2.05) is 37.3 Å². The third-order valence-electron chi connectivity index (χ3n) is 5.70. The van der Waals surface area contributed by atoms with Crippen LogP contribution in [0.5, 0.6) is 0 Å². The van der Waals surface area contributed by atoms with Gasteiger partial charge in [0.25, 0.3) is 10.0 Å². The highest BCUT2D eigenvalue weighted by Crippen LogP contribution is 2.33. The SMILES string of the molecule is CCCNC(=O)[C@H](C)N(Cc1ccccc1)C(=O)CN(c1ccc(Cl)cc1Cl)S(=O)(=O)c1ccccc1. The van der Waals surface area contributed by atoms with Crippen molar-refractivity contribution in [3.8, 4) is 0 Å². The molecule has 0 heterocycles. The zero-order valence-corrected chi connectivity index (χ0v) is 22.9. The van der Waals surface area contributed by atoms with Crippen molar-refractivity contribution in [2.45, 2.75) is 37.8 Å². The lowest BCUT2D eigenvalue weighted by Crippen LogP contribution is -2.51. The van der Waals surface area contributed by atoms with Crippen molar-refractivity contribution < 1.29 is 18.0 Å². The van der Waals surface area contributed by atoms with Gasteiger partial charge in [-0.2, -0.15) is 0 Å². The fraction of sp³-hybridized carbons (Fsp3) is 0.259. The molecule has 0 fully saturated rings. The summed E-state index contributed by atoms with van der Waals surface area (Å²) >= 11 is 12.4. The molecule has 37 heavy (non-hydrogen) atoms. The molecule has 0 radical (unpaired) electrons. The van der Waals surface area contributed by atoms with Crippen LogP contribution in [0.25, 0.3) is 0 Å². The molecule has 0 aliphatic rings. The van der Waals surface area contributed by atoms with E-state index in [2.05, 4.69) is 5.32 Å². The van der Waals surface area contributed by atoms with Crippen LogP contribution in [0.15, 0.2) is 83.8 Å². The third kappa shape index (κ3) is 7.25. The number of carbonyl (C=O) groups excluding carboxylic acids is 2.